The van der Waals surface area contributed by atoms with E-state index in [0.29, 0.717) is 11.2 Å². The molecule has 2 fully saturated rings. The number of hydrazone groups is 1. The minimum absolute atomic E-state index is 0.490. The lowest BCUT2D eigenvalue weighted by Crippen LogP contribution is -2.40. The van der Waals surface area contributed by atoms with Gasteiger partial charge in [-0.15, -0.1) is 0 Å². The molecular weight excluding hydrogens is 376 g/mol. The second kappa shape index (κ2) is 10.9. The maximum atomic E-state index is 5.55. The van der Waals surface area contributed by atoms with Crippen LogP contribution in [0, 0.1) is 0 Å². The lowest BCUT2D eigenvalue weighted by molar-refractivity contribution is 0.288. The SMILES string of the molecule is COc1ccc(/C=N/NC(=S)NC2CCCCC2)cc1CN1CCSCC1. The Kier molecular flexibility index (Phi) is 8.23. The van der Waals surface area contributed by atoms with E-state index in [1.54, 1.807) is 7.11 Å². The summed E-state index contributed by atoms with van der Waals surface area (Å²) in [7, 11) is 1.73. The number of thiocarbonyl (C=S) groups is 1. The molecule has 1 saturated heterocycles. The number of hydrogen-bond acceptors (Lipinski definition) is 5. The van der Waals surface area contributed by atoms with Crippen LogP contribution in [0.4, 0.5) is 0 Å². The molecule has 0 amide bonds. The number of nitrogens with one attached hydrogen (secondary N) is 2. The first-order valence-corrected chi connectivity index (χ1v) is 11.4. The zero-order chi connectivity index (χ0) is 18.9. The Bertz CT molecular complexity index is 641. The highest BCUT2D eigenvalue weighted by molar-refractivity contribution is 7.99. The predicted octanol–water partition coefficient (Wildman–Crippen LogP) is 3.37. The van der Waals surface area contributed by atoms with Gasteiger partial charge >= 0.3 is 0 Å². The molecular formula is C20H30N4OS2. The van der Waals surface area contributed by atoms with E-state index in [1.807, 2.05) is 30.1 Å². The maximum absolute atomic E-state index is 5.55. The van der Waals surface area contributed by atoms with E-state index >= 15 is 0 Å². The lowest BCUT2D eigenvalue weighted by Gasteiger charge is -2.26. The number of ether oxygens (including phenoxy) is 1. The molecule has 148 valence electrons. The van der Waals surface area contributed by atoms with Gasteiger partial charge in [-0.25, -0.2) is 0 Å². The van der Waals surface area contributed by atoms with E-state index in [9.17, 15) is 0 Å². The first kappa shape index (κ1) is 20.4. The van der Waals surface area contributed by atoms with Crippen molar-refractivity contribution >= 4 is 35.3 Å². The summed E-state index contributed by atoms with van der Waals surface area (Å²) in [6, 6.07) is 6.69. The number of thioether (sulfide) groups is 1. The average molecular weight is 407 g/mol. The van der Waals surface area contributed by atoms with E-state index < -0.39 is 0 Å². The van der Waals surface area contributed by atoms with Crippen molar-refractivity contribution in [2.24, 2.45) is 5.10 Å². The highest BCUT2D eigenvalue weighted by atomic mass is 32.2. The topological polar surface area (TPSA) is 48.9 Å². The Morgan fingerprint density at radius 1 is 1.30 bits per heavy atom. The molecule has 1 heterocycles. The van der Waals surface area contributed by atoms with Gasteiger partial charge in [-0.05, 0) is 48.8 Å². The average Bonchev–Trinajstić information content (AvgIpc) is 2.70. The molecule has 1 aromatic rings. The summed E-state index contributed by atoms with van der Waals surface area (Å²) in [6.45, 7) is 3.18. The van der Waals surface area contributed by atoms with Crippen LogP contribution in [0.15, 0.2) is 23.3 Å². The smallest absolute Gasteiger partial charge is 0.187 e. The van der Waals surface area contributed by atoms with Crippen LogP contribution in [0.2, 0.25) is 0 Å². The van der Waals surface area contributed by atoms with Crippen molar-refractivity contribution in [3.63, 3.8) is 0 Å². The van der Waals surface area contributed by atoms with Gasteiger partial charge in [-0.1, -0.05) is 19.3 Å². The highest BCUT2D eigenvalue weighted by Gasteiger charge is 2.14. The van der Waals surface area contributed by atoms with Gasteiger partial charge in [-0.2, -0.15) is 16.9 Å². The molecule has 0 atom stereocenters. The molecule has 1 aromatic carbocycles. The van der Waals surface area contributed by atoms with Gasteiger partial charge in [0.25, 0.3) is 0 Å². The molecule has 1 saturated carbocycles. The van der Waals surface area contributed by atoms with Crippen LogP contribution < -0.4 is 15.5 Å². The number of rotatable bonds is 6. The Morgan fingerprint density at radius 3 is 2.81 bits per heavy atom. The molecule has 0 unspecified atom stereocenters. The van der Waals surface area contributed by atoms with Crippen molar-refractivity contribution < 1.29 is 4.74 Å². The summed E-state index contributed by atoms with van der Waals surface area (Å²) < 4.78 is 5.55. The fraction of sp³-hybridized carbons (Fsp3) is 0.600. The minimum Gasteiger partial charge on any atom is -0.496 e. The number of hydrogen-bond donors (Lipinski definition) is 2. The van der Waals surface area contributed by atoms with Gasteiger partial charge in [0.05, 0.1) is 13.3 Å². The molecule has 0 bridgehead atoms. The molecule has 2 N–H and O–H groups in total. The number of benzene rings is 1. The molecule has 0 spiro atoms. The zero-order valence-corrected chi connectivity index (χ0v) is 17.7. The van der Waals surface area contributed by atoms with Crippen LogP contribution in [0.1, 0.15) is 43.2 Å². The Morgan fingerprint density at radius 2 is 2.07 bits per heavy atom. The van der Waals surface area contributed by atoms with Crippen LogP contribution in [0.3, 0.4) is 0 Å². The van der Waals surface area contributed by atoms with Crippen LogP contribution >= 0.6 is 24.0 Å². The summed E-state index contributed by atoms with van der Waals surface area (Å²) in [5.41, 5.74) is 5.20. The van der Waals surface area contributed by atoms with Crippen molar-refractivity contribution in [2.75, 3.05) is 31.7 Å². The van der Waals surface area contributed by atoms with Gasteiger partial charge in [0.1, 0.15) is 5.75 Å². The summed E-state index contributed by atoms with van der Waals surface area (Å²) in [4.78, 5) is 2.48. The largest absolute Gasteiger partial charge is 0.496 e. The third-order valence-corrected chi connectivity index (χ3v) is 6.27. The minimum atomic E-state index is 0.490. The fourth-order valence-electron chi connectivity index (χ4n) is 3.63. The van der Waals surface area contributed by atoms with E-state index in [4.69, 9.17) is 17.0 Å². The van der Waals surface area contributed by atoms with Crippen molar-refractivity contribution in [3.8, 4) is 5.75 Å². The van der Waals surface area contributed by atoms with Gasteiger partial charge < -0.3 is 10.1 Å². The third kappa shape index (κ3) is 6.66. The molecule has 5 nitrogen and oxygen atoms in total. The summed E-state index contributed by atoms with van der Waals surface area (Å²) in [5.74, 6) is 3.35. The molecule has 0 aromatic heterocycles. The molecule has 27 heavy (non-hydrogen) atoms. The molecule has 7 heteroatoms. The first-order valence-electron chi connectivity index (χ1n) is 9.81. The second-order valence-electron chi connectivity index (χ2n) is 7.14. The second-order valence-corrected chi connectivity index (χ2v) is 8.77. The summed E-state index contributed by atoms with van der Waals surface area (Å²) in [6.07, 6.45) is 8.13. The van der Waals surface area contributed by atoms with Crippen molar-refractivity contribution in [2.45, 2.75) is 44.7 Å². The number of nitrogens with zero attached hydrogens (tertiary/aromatic N) is 2. The van der Waals surface area contributed by atoms with Gasteiger partial charge in [0.15, 0.2) is 5.11 Å². The lowest BCUT2D eigenvalue weighted by atomic mass is 9.96. The predicted molar refractivity (Wildman–Crippen MR) is 119 cm³/mol. The molecule has 1 aliphatic heterocycles. The van der Waals surface area contributed by atoms with Crippen LogP contribution in [0.5, 0.6) is 5.75 Å². The van der Waals surface area contributed by atoms with Crippen LogP contribution in [-0.2, 0) is 6.54 Å². The van der Waals surface area contributed by atoms with E-state index in [0.717, 1.165) is 30.9 Å². The third-order valence-electron chi connectivity index (χ3n) is 5.12. The van der Waals surface area contributed by atoms with Gasteiger partial charge in [-0.3, -0.25) is 10.3 Å². The van der Waals surface area contributed by atoms with Crippen LogP contribution in [0.25, 0.3) is 0 Å². The molecule has 0 radical (unpaired) electrons. The molecule has 2 aliphatic rings. The first-order chi connectivity index (χ1) is 13.2. The summed E-state index contributed by atoms with van der Waals surface area (Å²) >= 11 is 7.39. The highest BCUT2D eigenvalue weighted by Crippen LogP contribution is 2.22. The Balaban J connectivity index is 1.54. The molecule has 3 rings (SSSR count). The number of methoxy groups -OCH3 is 1. The van der Waals surface area contributed by atoms with Crippen molar-refractivity contribution in [3.05, 3.63) is 29.3 Å². The van der Waals surface area contributed by atoms with E-state index in [-0.39, 0.29) is 0 Å². The van der Waals surface area contributed by atoms with E-state index in [1.165, 1.54) is 49.2 Å². The monoisotopic (exact) mass is 406 g/mol. The zero-order valence-electron chi connectivity index (χ0n) is 16.1. The molecule has 1 aliphatic carbocycles. The Hall–Kier alpha value is -1.31. The van der Waals surface area contributed by atoms with E-state index in [2.05, 4.69) is 26.8 Å². The fourth-order valence-corrected chi connectivity index (χ4v) is 4.83. The standard InChI is InChI=1S/C20H30N4OS2/c1-25-19-8-7-16(13-17(19)15-24-9-11-27-12-10-24)14-21-23-20(26)22-18-5-3-2-4-6-18/h7-8,13-14,18H,2-6,9-12,15H2,1H3,(H2,22,23,26)/b21-14+. The quantitative estimate of drug-likeness (QED) is 0.429. The summed E-state index contributed by atoms with van der Waals surface area (Å²) in [5, 5.41) is 8.29. The van der Waals surface area contributed by atoms with Crippen LogP contribution in [-0.4, -0.2) is 54.0 Å². The normalized spacial score (nSPS) is 19.1. The van der Waals surface area contributed by atoms with Gasteiger partial charge in [0, 0.05) is 42.7 Å². The maximum Gasteiger partial charge on any atom is 0.187 e. The van der Waals surface area contributed by atoms with Crippen molar-refractivity contribution in [1.82, 2.24) is 15.6 Å². The van der Waals surface area contributed by atoms with Gasteiger partial charge in [0.2, 0.25) is 0 Å². The Labute approximate surface area is 172 Å². The van der Waals surface area contributed by atoms with Crippen molar-refractivity contribution in [1.29, 1.82) is 0 Å².